The molecular formula is C19H23N3O3S. The zero-order chi connectivity index (χ0) is 18.7. The third-order valence-corrected chi connectivity index (χ3v) is 5.84. The maximum absolute atomic E-state index is 12.8. The minimum atomic E-state index is -3.76. The van der Waals surface area contributed by atoms with Gasteiger partial charge in [0.05, 0.1) is 4.90 Å². The highest BCUT2D eigenvalue weighted by atomic mass is 32.2. The summed E-state index contributed by atoms with van der Waals surface area (Å²) in [6.45, 7) is 5.99. The van der Waals surface area contributed by atoms with Crippen LogP contribution in [0.25, 0.3) is 0 Å². The van der Waals surface area contributed by atoms with Crippen molar-refractivity contribution in [3.8, 4) is 0 Å². The van der Waals surface area contributed by atoms with Gasteiger partial charge in [-0.2, -0.15) is 0 Å². The van der Waals surface area contributed by atoms with E-state index in [1.807, 2.05) is 26.0 Å². The van der Waals surface area contributed by atoms with Crippen molar-refractivity contribution in [3.05, 3.63) is 59.7 Å². The number of sulfonamides is 1. The van der Waals surface area contributed by atoms with Crippen molar-refractivity contribution in [2.75, 3.05) is 24.4 Å². The number of benzene rings is 2. The molecule has 1 unspecified atom stereocenters. The summed E-state index contributed by atoms with van der Waals surface area (Å²) in [5.74, 6) is -0.147. The maximum atomic E-state index is 12.8. The van der Waals surface area contributed by atoms with Gasteiger partial charge in [-0.25, -0.2) is 8.42 Å². The molecule has 1 heterocycles. The molecule has 3 rings (SSSR count). The summed E-state index contributed by atoms with van der Waals surface area (Å²) in [4.78, 5) is 14.6. The number of hydrogen-bond acceptors (Lipinski definition) is 4. The molecule has 1 atom stereocenters. The molecule has 26 heavy (non-hydrogen) atoms. The summed E-state index contributed by atoms with van der Waals surface area (Å²) in [6, 6.07) is 13.4. The van der Waals surface area contributed by atoms with Crippen LogP contribution in [0.15, 0.2) is 53.4 Å². The predicted molar refractivity (Wildman–Crippen MR) is 102 cm³/mol. The van der Waals surface area contributed by atoms with Crippen molar-refractivity contribution >= 4 is 21.6 Å². The number of hydrogen-bond donors (Lipinski definition) is 2. The smallest absolute Gasteiger partial charge is 0.261 e. The fraction of sp³-hybridized carbons (Fsp3) is 0.316. The van der Waals surface area contributed by atoms with E-state index in [2.05, 4.69) is 10.0 Å². The van der Waals surface area contributed by atoms with Crippen molar-refractivity contribution < 1.29 is 13.2 Å². The first kappa shape index (κ1) is 18.4. The van der Waals surface area contributed by atoms with Crippen molar-refractivity contribution in [3.63, 3.8) is 0 Å². The van der Waals surface area contributed by atoms with Gasteiger partial charge in [0, 0.05) is 36.9 Å². The molecule has 1 aliphatic heterocycles. The quantitative estimate of drug-likeness (QED) is 0.861. The fourth-order valence-electron chi connectivity index (χ4n) is 2.94. The lowest BCUT2D eigenvalue weighted by Gasteiger charge is -2.34. The fourth-order valence-corrected chi connectivity index (χ4v) is 4.04. The number of nitrogens with one attached hydrogen (secondary N) is 2. The van der Waals surface area contributed by atoms with Crippen LogP contribution in [-0.2, 0) is 10.0 Å². The van der Waals surface area contributed by atoms with Crippen molar-refractivity contribution in [2.24, 2.45) is 0 Å². The van der Waals surface area contributed by atoms with E-state index in [0.717, 1.165) is 18.7 Å². The van der Waals surface area contributed by atoms with Gasteiger partial charge in [-0.3, -0.25) is 9.52 Å². The Kier molecular flexibility index (Phi) is 5.29. The zero-order valence-electron chi connectivity index (χ0n) is 14.9. The molecule has 0 aliphatic carbocycles. The Hall–Kier alpha value is -2.38. The van der Waals surface area contributed by atoms with E-state index in [0.29, 0.717) is 17.8 Å². The third-order valence-electron chi connectivity index (χ3n) is 4.46. The average Bonchev–Trinajstić information content (AvgIpc) is 2.63. The number of anilines is 1. The molecule has 6 nitrogen and oxygen atoms in total. The van der Waals surface area contributed by atoms with Crippen LogP contribution in [0.5, 0.6) is 0 Å². The highest BCUT2D eigenvalue weighted by Gasteiger charge is 2.25. The number of rotatable bonds is 4. The molecule has 7 heteroatoms. The number of carbonyl (C=O) groups is 1. The van der Waals surface area contributed by atoms with Gasteiger partial charge < -0.3 is 10.2 Å². The van der Waals surface area contributed by atoms with Crippen LogP contribution in [0.2, 0.25) is 0 Å². The molecule has 2 N–H and O–H groups in total. The van der Waals surface area contributed by atoms with E-state index in [9.17, 15) is 13.2 Å². The standard InChI is InChI=1S/C19H23N3O3S/c1-14-6-8-17(9-7-14)21-26(24,25)18-5-3-4-16(12-18)19(23)22-11-10-20-13-15(22)2/h3-9,12,15,20-21H,10-11,13H2,1-2H3. The number of carbonyl (C=O) groups excluding carboxylic acids is 1. The lowest BCUT2D eigenvalue weighted by atomic mass is 10.1. The lowest BCUT2D eigenvalue weighted by Crippen LogP contribution is -2.52. The number of piperazine rings is 1. The Bertz CT molecular complexity index is 895. The van der Waals surface area contributed by atoms with Crippen LogP contribution in [0.3, 0.4) is 0 Å². The first-order chi connectivity index (χ1) is 12.4. The first-order valence-electron chi connectivity index (χ1n) is 8.58. The van der Waals surface area contributed by atoms with Gasteiger partial charge in [0.2, 0.25) is 0 Å². The van der Waals surface area contributed by atoms with Crippen molar-refractivity contribution in [1.82, 2.24) is 10.2 Å². The molecule has 0 spiro atoms. The number of aryl methyl sites for hydroxylation is 1. The lowest BCUT2D eigenvalue weighted by molar-refractivity contribution is 0.0655. The third kappa shape index (κ3) is 4.05. The van der Waals surface area contributed by atoms with E-state index >= 15 is 0 Å². The molecule has 0 bridgehead atoms. The highest BCUT2D eigenvalue weighted by Crippen LogP contribution is 2.19. The monoisotopic (exact) mass is 373 g/mol. The van der Waals surface area contributed by atoms with Crippen LogP contribution in [0.4, 0.5) is 5.69 Å². The number of nitrogens with zero attached hydrogens (tertiary/aromatic N) is 1. The highest BCUT2D eigenvalue weighted by molar-refractivity contribution is 7.92. The summed E-state index contributed by atoms with van der Waals surface area (Å²) in [5.41, 5.74) is 1.92. The second-order valence-corrected chi connectivity index (χ2v) is 8.23. The average molecular weight is 373 g/mol. The minimum Gasteiger partial charge on any atom is -0.333 e. The van der Waals surface area contributed by atoms with Crippen LogP contribution in [0, 0.1) is 6.92 Å². The minimum absolute atomic E-state index is 0.0715. The Morgan fingerprint density at radius 1 is 1.19 bits per heavy atom. The molecule has 2 aromatic carbocycles. The second-order valence-electron chi connectivity index (χ2n) is 6.55. The molecule has 1 aliphatic rings. The SMILES string of the molecule is Cc1ccc(NS(=O)(=O)c2cccc(C(=O)N3CCNCC3C)c2)cc1. The van der Waals surface area contributed by atoms with E-state index in [1.54, 1.807) is 29.2 Å². The van der Waals surface area contributed by atoms with Crippen LogP contribution >= 0.6 is 0 Å². The van der Waals surface area contributed by atoms with Crippen molar-refractivity contribution in [2.45, 2.75) is 24.8 Å². The zero-order valence-corrected chi connectivity index (χ0v) is 15.7. The van der Waals surface area contributed by atoms with Crippen LogP contribution in [-0.4, -0.2) is 44.9 Å². The Morgan fingerprint density at radius 3 is 2.62 bits per heavy atom. The first-order valence-corrected chi connectivity index (χ1v) is 10.1. The molecule has 1 fully saturated rings. The molecule has 138 valence electrons. The van der Waals surface area contributed by atoms with E-state index < -0.39 is 10.0 Å². The normalized spacial score (nSPS) is 17.8. The number of amides is 1. The van der Waals surface area contributed by atoms with Crippen LogP contribution in [0.1, 0.15) is 22.8 Å². The summed E-state index contributed by atoms with van der Waals surface area (Å²) in [5, 5.41) is 3.24. The summed E-state index contributed by atoms with van der Waals surface area (Å²) < 4.78 is 27.9. The van der Waals surface area contributed by atoms with Gasteiger partial charge in [0.15, 0.2) is 0 Å². The van der Waals surface area contributed by atoms with Gasteiger partial charge in [0.25, 0.3) is 15.9 Å². The van der Waals surface area contributed by atoms with E-state index in [-0.39, 0.29) is 16.8 Å². The Balaban J connectivity index is 1.83. The van der Waals surface area contributed by atoms with Gasteiger partial charge in [0.1, 0.15) is 0 Å². The Labute approximate surface area is 154 Å². The summed E-state index contributed by atoms with van der Waals surface area (Å²) >= 11 is 0. The van der Waals surface area contributed by atoms with E-state index in [4.69, 9.17) is 0 Å². The second kappa shape index (κ2) is 7.47. The van der Waals surface area contributed by atoms with Gasteiger partial charge in [-0.15, -0.1) is 0 Å². The summed E-state index contributed by atoms with van der Waals surface area (Å²) in [7, 11) is -3.76. The topological polar surface area (TPSA) is 78.5 Å². The van der Waals surface area contributed by atoms with E-state index in [1.165, 1.54) is 12.1 Å². The maximum Gasteiger partial charge on any atom is 0.261 e. The predicted octanol–water partition coefficient (Wildman–Crippen LogP) is 2.23. The van der Waals surface area contributed by atoms with Gasteiger partial charge in [-0.05, 0) is 44.2 Å². The molecular weight excluding hydrogens is 350 g/mol. The van der Waals surface area contributed by atoms with Gasteiger partial charge in [-0.1, -0.05) is 23.8 Å². The largest absolute Gasteiger partial charge is 0.333 e. The van der Waals surface area contributed by atoms with Crippen molar-refractivity contribution in [1.29, 1.82) is 0 Å². The molecule has 2 aromatic rings. The Morgan fingerprint density at radius 2 is 1.92 bits per heavy atom. The molecule has 0 aromatic heterocycles. The summed E-state index contributed by atoms with van der Waals surface area (Å²) in [6.07, 6.45) is 0. The molecule has 1 saturated heterocycles. The molecule has 1 amide bonds. The molecule has 0 saturated carbocycles. The van der Waals surface area contributed by atoms with Crippen LogP contribution < -0.4 is 10.0 Å². The van der Waals surface area contributed by atoms with Gasteiger partial charge >= 0.3 is 0 Å². The molecule has 0 radical (unpaired) electrons.